The molecule has 1 aliphatic rings. The van der Waals surface area contributed by atoms with Gasteiger partial charge in [0.25, 0.3) is 0 Å². The first-order valence-corrected chi connectivity index (χ1v) is 8.90. The van der Waals surface area contributed by atoms with Crippen LogP contribution in [0.2, 0.25) is 10.0 Å². The molecule has 0 aliphatic carbocycles. The highest BCUT2D eigenvalue weighted by Gasteiger charge is 2.21. The summed E-state index contributed by atoms with van der Waals surface area (Å²) in [4.78, 5) is 2.42. The molecule has 1 saturated heterocycles. The summed E-state index contributed by atoms with van der Waals surface area (Å²) >= 11 is 12.2. The lowest BCUT2D eigenvalue weighted by atomic mass is 9.80. The highest BCUT2D eigenvalue weighted by atomic mass is 35.5. The minimum atomic E-state index is -1.40. The van der Waals surface area contributed by atoms with Gasteiger partial charge in [-0.25, -0.2) is 0 Å². The van der Waals surface area contributed by atoms with Crippen LogP contribution in [-0.4, -0.2) is 35.2 Å². The number of nitrogens with zero attached hydrogens (tertiary/aromatic N) is 1. The monoisotopic (exact) mass is 363 g/mol. The van der Waals surface area contributed by atoms with Crippen LogP contribution in [0.15, 0.2) is 42.5 Å². The van der Waals surface area contributed by atoms with Crippen LogP contribution < -0.4 is 5.46 Å². The van der Waals surface area contributed by atoms with E-state index in [-0.39, 0.29) is 0 Å². The zero-order valence-electron chi connectivity index (χ0n) is 13.3. The molecule has 0 bridgehead atoms. The molecule has 2 N–H and O–H groups in total. The number of likely N-dealkylation sites (tertiary alicyclic amines) is 1. The highest BCUT2D eigenvalue weighted by Crippen LogP contribution is 2.32. The lowest BCUT2D eigenvalue weighted by Gasteiger charge is -2.32. The van der Waals surface area contributed by atoms with E-state index >= 15 is 0 Å². The van der Waals surface area contributed by atoms with Crippen molar-refractivity contribution in [3.63, 3.8) is 0 Å². The van der Waals surface area contributed by atoms with Crippen LogP contribution in [0.4, 0.5) is 0 Å². The van der Waals surface area contributed by atoms with Gasteiger partial charge in [-0.15, -0.1) is 0 Å². The standard InChI is InChI=1S/C18H20BCl2NO2/c20-17-9-15(10-18(21)11-17)14-5-7-22(8-6-14)12-13-1-3-16(4-2-13)19(23)24/h1-4,9-11,14,23-24H,5-8,12H2. The molecule has 0 radical (unpaired) electrons. The Morgan fingerprint density at radius 2 is 1.54 bits per heavy atom. The van der Waals surface area contributed by atoms with E-state index in [4.69, 9.17) is 33.2 Å². The minimum Gasteiger partial charge on any atom is -0.423 e. The first kappa shape index (κ1) is 17.8. The largest absolute Gasteiger partial charge is 0.488 e. The zero-order valence-corrected chi connectivity index (χ0v) is 14.8. The van der Waals surface area contributed by atoms with Crippen LogP contribution in [0.1, 0.15) is 29.9 Å². The molecule has 0 aromatic heterocycles. The van der Waals surface area contributed by atoms with Gasteiger partial charge in [-0.1, -0.05) is 47.5 Å². The SMILES string of the molecule is OB(O)c1ccc(CN2CCC(c3cc(Cl)cc(Cl)c3)CC2)cc1. The summed E-state index contributed by atoms with van der Waals surface area (Å²) in [6, 6.07) is 13.3. The lowest BCUT2D eigenvalue weighted by Crippen LogP contribution is -2.33. The van der Waals surface area contributed by atoms with Gasteiger partial charge in [0.15, 0.2) is 0 Å². The molecule has 3 rings (SSSR count). The number of hydrogen-bond acceptors (Lipinski definition) is 3. The third-order valence-electron chi connectivity index (χ3n) is 4.63. The number of rotatable bonds is 4. The van der Waals surface area contributed by atoms with E-state index in [0.717, 1.165) is 32.5 Å². The van der Waals surface area contributed by atoms with Crippen molar-refractivity contribution in [2.24, 2.45) is 0 Å². The summed E-state index contributed by atoms with van der Waals surface area (Å²) in [6.07, 6.45) is 2.17. The normalized spacial score (nSPS) is 16.3. The number of hydrogen-bond donors (Lipinski definition) is 2. The van der Waals surface area contributed by atoms with Crippen molar-refractivity contribution >= 4 is 35.8 Å². The molecule has 3 nitrogen and oxygen atoms in total. The molecule has 0 atom stereocenters. The van der Waals surface area contributed by atoms with Gasteiger partial charge < -0.3 is 10.0 Å². The van der Waals surface area contributed by atoms with Crippen LogP contribution in [0.3, 0.4) is 0 Å². The Morgan fingerprint density at radius 1 is 0.958 bits per heavy atom. The third-order valence-corrected chi connectivity index (χ3v) is 5.06. The first-order valence-electron chi connectivity index (χ1n) is 8.14. The van der Waals surface area contributed by atoms with E-state index in [9.17, 15) is 0 Å². The van der Waals surface area contributed by atoms with Crippen molar-refractivity contribution in [2.75, 3.05) is 13.1 Å². The quantitative estimate of drug-likeness (QED) is 0.820. The number of piperidine rings is 1. The summed E-state index contributed by atoms with van der Waals surface area (Å²) in [5, 5.41) is 19.7. The Kier molecular flexibility index (Phi) is 5.85. The maximum atomic E-state index is 9.14. The van der Waals surface area contributed by atoms with E-state index in [2.05, 4.69) is 4.90 Å². The molecule has 2 aromatic rings. The predicted octanol–water partition coefficient (Wildman–Crippen LogP) is 3.05. The molecule has 6 heteroatoms. The molecule has 2 aromatic carbocycles. The average molecular weight is 364 g/mol. The van der Waals surface area contributed by atoms with Crippen molar-refractivity contribution in [3.8, 4) is 0 Å². The molecule has 0 spiro atoms. The van der Waals surface area contributed by atoms with Crippen LogP contribution in [-0.2, 0) is 6.54 Å². The van der Waals surface area contributed by atoms with Crippen molar-refractivity contribution in [1.82, 2.24) is 4.90 Å². The Balaban J connectivity index is 1.57. The fraction of sp³-hybridized carbons (Fsp3) is 0.333. The summed E-state index contributed by atoms with van der Waals surface area (Å²) in [7, 11) is -1.40. The van der Waals surface area contributed by atoms with E-state index < -0.39 is 7.12 Å². The van der Waals surface area contributed by atoms with Crippen LogP contribution in [0.25, 0.3) is 0 Å². The maximum Gasteiger partial charge on any atom is 0.488 e. The van der Waals surface area contributed by atoms with Gasteiger partial charge in [0, 0.05) is 16.6 Å². The molecule has 24 heavy (non-hydrogen) atoms. The molecule has 0 amide bonds. The Hall–Kier alpha value is -1.04. The van der Waals surface area contributed by atoms with Crippen molar-refractivity contribution in [1.29, 1.82) is 0 Å². The van der Waals surface area contributed by atoms with Gasteiger partial charge in [-0.3, -0.25) is 4.90 Å². The fourth-order valence-electron chi connectivity index (χ4n) is 3.29. The lowest BCUT2D eigenvalue weighted by molar-refractivity contribution is 0.204. The molecule has 1 fully saturated rings. The number of benzene rings is 2. The fourth-order valence-corrected chi connectivity index (χ4v) is 3.83. The summed E-state index contributed by atoms with van der Waals surface area (Å²) < 4.78 is 0. The van der Waals surface area contributed by atoms with Gasteiger partial charge in [0.1, 0.15) is 0 Å². The Morgan fingerprint density at radius 3 is 2.08 bits per heavy atom. The highest BCUT2D eigenvalue weighted by molar-refractivity contribution is 6.58. The topological polar surface area (TPSA) is 43.7 Å². The average Bonchev–Trinajstić information content (AvgIpc) is 2.55. The van der Waals surface area contributed by atoms with E-state index in [0.29, 0.717) is 21.4 Å². The van der Waals surface area contributed by atoms with Gasteiger partial charge >= 0.3 is 7.12 Å². The smallest absolute Gasteiger partial charge is 0.423 e. The van der Waals surface area contributed by atoms with Crippen LogP contribution in [0, 0.1) is 0 Å². The Labute approximate surface area is 153 Å². The molecular weight excluding hydrogens is 344 g/mol. The maximum absolute atomic E-state index is 9.14. The third kappa shape index (κ3) is 4.53. The summed E-state index contributed by atoms with van der Waals surface area (Å²) in [5.74, 6) is 0.504. The second-order valence-corrected chi connectivity index (χ2v) is 7.24. The summed E-state index contributed by atoms with van der Waals surface area (Å²) in [5.41, 5.74) is 2.94. The van der Waals surface area contributed by atoms with E-state index in [1.54, 1.807) is 18.2 Å². The van der Waals surface area contributed by atoms with E-state index in [1.807, 2.05) is 24.3 Å². The molecule has 126 valence electrons. The number of halogens is 2. The second kappa shape index (κ2) is 7.90. The van der Waals surface area contributed by atoms with Gasteiger partial charge in [0.05, 0.1) is 0 Å². The van der Waals surface area contributed by atoms with Crippen molar-refractivity contribution in [3.05, 3.63) is 63.6 Å². The zero-order chi connectivity index (χ0) is 17.1. The molecular formula is C18H20BCl2NO2. The first-order chi connectivity index (χ1) is 11.5. The van der Waals surface area contributed by atoms with Crippen molar-refractivity contribution < 1.29 is 10.0 Å². The Bertz CT molecular complexity index is 666. The predicted molar refractivity (Wildman–Crippen MR) is 100.0 cm³/mol. The van der Waals surface area contributed by atoms with Crippen LogP contribution in [0.5, 0.6) is 0 Å². The molecule has 1 aliphatic heterocycles. The van der Waals surface area contributed by atoms with Gasteiger partial charge in [0.2, 0.25) is 0 Å². The molecule has 0 unspecified atom stereocenters. The molecule has 0 saturated carbocycles. The van der Waals surface area contributed by atoms with Crippen molar-refractivity contribution in [2.45, 2.75) is 25.3 Å². The molecule has 1 heterocycles. The van der Waals surface area contributed by atoms with E-state index in [1.165, 1.54) is 11.1 Å². The van der Waals surface area contributed by atoms with Gasteiger partial charge in [-0.2, -0.15) is 0 Å². The van der Waals surface area contributed by atoms with Gasteiger partial charge in [-0.05, 0) is 66.6 Å². The summed E-state index contributed by atoms with van der Waals surface area (Å²) in [6.45, 7) is 2.93. The second-order valence-electron chi connectivity index (χ2n) is 6.37. The van der Waals surface area contributed by atoms with Crippen LogP contribution >= 0.6 is 23.2 Å². The minimum absolute atomic E-state index is 0.504.